The molecule has 1 heterocycles. The summed E-state index contributed by atoms with van der Waals surface area (Å²) in [6, 6.07) is 0. The highest BCUT2D eigenvalue weighted by molar-refractivity contribution is 5.06. The highest BCUT2D eigenvalue weighted by Gasteiger charge is 2.51. The number of nitrogens with zero attached hydrogens (tertiary/aromatic N) is 1. The maximum Gasteiger partial charge on any atom is 0.0674 e. The lowest BCUT2D eigenvalue weighted by Crippen LogP contribution is -2.57. The average molecular weight is 254 g/mol. The summed E-state index contributed by atoms with van der Waals surface area (Å²) in [6.07, 6.45) is 3.99. The molecular weight excluding hydrogens is 224 g/mol. The molecule has 3 heteroatoms. The number of ether oxygens (including phenoxy) is 1. The zero-order valence-corrected chi connectivity index (χ0v) is 12.5. The molecule has 1 saturated carbocycles. The fourth-order valence-electron chi connectivity index (χ4n) is 4.32. The number of nitrogens with two attached hydrogens (primary N) is 1. The van der Waals surface area contributed by atoms with Crippen LogP contribution in [0.2, 0.25) is 0 Å². The van der Waals surface area contributed by atoms with Gasteiger partial charge in [0.25, 0.3) is 0 Å². The van der Waals surface area contributed by atoms with Crippen LogP contribution in [0.1, 0.15) is 47.0 Å². The monoisotopic (exact) mass is 254 g/mol. The van der Waals surface area contributed by atoms with E-state index in [4.69, 9.17) is 10.5 Å². The van der Waals surface area contributed by atoms with E-state index >= 15 is 0 Å². The molecule has 3 nitrogen and oxygen atoms in total. The Labute approximate surface area is 112 Å². The van der Waals surface area contributed by atoms with Crippen molar-refractivity contribution < 1.29 is 4.74 Å². The van der Waals surface area contributed by atoms with E-state index in [2.05, 4.69) is 32.6 Å². The Kier molecular flexibility index (Phi) is 4.05. The van der Waals surface area contributed by atoms with Crippen LogP contribution in [-0.2, 0) is 4.74 Å². The Balaban J connectivity index is 2.21. The molecule has 0 radical (unpaired) electrons. The summed E-state index contributed by atoms with van der Waals surface area (Å²) in [5.41, 5.74) is 6.85. The minimum atomic E-state index is 0.200. The molecule has 0 bridgehead atoms. The second-order valence-electron chi connectivity index (χ2n) is 7.23. The molecular formula is C15H30N2O. The predicted molar refractivity (Wildman–Crippen MR) is 75.6 cm³/mol. The maximum atomic E-state index is 6.23. The molecule has 1 aliphatic heterocycles. The lowest BCUT2D eigenvalue weighted by Gasteiger charge is -2.44. The molecule has 0 aromatic rings. The van der Waals surface area contributed by atoms with Gasteiger partial charge in [-0.1, -0.05) is 20.8 Å². The van der Waals surface area contributed by atoms with Crippen molar-refractivity contribution in [3.63, 3.8) is 0 Å². The third kappa shape index (κ3) is 2.59. The second-order valence-corrected chi connectivity index (χ2v) is 7.23. The molecule has 2 rings (SSSR count). The van der Waals surface area contributed by atoms with E-state index in [1.807, 2.05) is 0 Å². The minimum absolute atomic E-state index is 0.200. The topological polar surface area (TPSA) is 38.5 Å². The highest BCUT2D eigenvalue weighted by Crippen LogP contribution is 2.50. The van der Waals surface area contributed by atoms with Gasteiger partial charge in [-0.2, -0.15) is 0 Å². The summed E-state index contributed by atoms with van der Waals surface area (Å²) in [6.45, 7) is 13.2. The van der Waals surface area contributed by atoms with Gasteiger partial charge in [0.15, 0.2) is 0 Å². The van der Waals surface area contributed by atoms with Crippen LogP contribution in [0.25, 0.3) is 0 Å². The van der Waals surface area contributed by atoms with Crippen LogP contribution in [-0.4, -0.2) is 42.8 Å². The quantitative estimate of drug-likeness (QED) is 0.821. The molecule has 3 atom stereocenters. The van der Waals surface area contributed by atoms with Gasteiger partial charge in [0, 0.05) is 31.8 Å². The van der Waals surface area contributed by atoms with E-state index in [1.54, 1.807) is 0 Å². The van der Waals surface area contributed by atoms with Crippen LogP contribution >= 0.6 is 0 Å². The number of hydrogen-bond acceptors (Lipinski definition) is 3. The summed E-state index contributed by atoms with van der Waals surface area (Å²) < 4.78 is 5.79. The molecule has 18 heavy (non-hydrogen) atoms. The highest BCUT2D eigenvalue weighted by atomic mass is 16.5. The average Bonchev–Trinajstić information content (AvgIpc) is 2.43. The van der Waals surface area contributed by atoms with Gasteiger partial charge in [-0.15, -0.1) is 0 Å². The van der Waals surface area contributed by atoms with E-state index in [9.17, 15) is 0 Å². The van der Waals surface area contributed by atoms with Crippen molar-refractivity contribution in [2.45, 2.75) is 58.6 Å². The van der Waals surface area contributed by atoms with Crippen LogP contribution in [0, 0.1) is 11.3 Å². The molecule has 106 valence electrons. The summed E-state index contributed by atoms with van der Waals surface area (Å²) in [5, 5.41) is 0. The van der Waals surface area contributed by atoms with Crippen LogP contribution in [0.15, 0.2) is 0 Å². The van der Waals surface area contributed by atoms with Crippen molar-refractivity contribution in [3.8, 4) is 0 Å². The molecule has 3 unspecified atom stereocenters. The summed E-state index contributed by atoms with van der Waals surface area (Å²) >= 11 is 0. The van der Waals surface area contributed by atoms with E-state index < -0.39 is 0 Å². The SMILES string of the molecule is CC1CN(C2(CN)CC(C)(C)CC2C)CCCO1. The van der Waals surface area contributed by atoms with Crippen molar-refractivity contribution in [2.75, 3.05) is 26.2 Å². The van der Waals surface area contributed by atoms with Crippen molar-refractivity contribution in [3.05, 3.63) is 0 Å². The Bertz CT molecular complexity index is 292. The number of rotatable bonds is 2. The summed E-state index contributed by atoms with van der Waals surface area (Å²) in [5.74, 6) is 0.683. The van der Waals surface area contributed by atoms with E-state index in [-0.39, 0.29) is 5.54 Å². The van der Waals surface area contributed by atoms with Crippen molar-refractivity contribution in [2.24, 2.45) is 17.1 Å². The van der Waals surface area contributed by atoms with Gasteiger partial charge in [0.2, 0.25) is 0 Å². The zero-order chi connectivity index (χ0) is 13.4. The van der Waals surface area contributed by atoms with Crippen LogP contribution in [0.4, 0.5) is 0 Å². The van der Waals surface area contributed by atoms with Gasteiger partial charge < -0.3 is 10.5 Å². The minimum Gasteiger partial charge on any atom is -0.377 e. The van der Waals surface area contributed by atoms with Crippen LogP contribution < -0.4 is 5.73 Å². The first-order valence-electron chi connectivity index (χ1n) is 7.46. The van der Waals surface area contributed by atoms with Crippen molar-refractivity contribution in [1.82, 2.24) is 4.90 Å². The molecule has 2 N–H and O–H groups in total. The molecule has 0 amide bonds. The summed E-state index contributed by atoms with van der Waals surface area (Å²) in [4.78, 5) is 2.64. The van der Waals surface area contributed by atoms with Gasteiger partial charge in [0.05, 0.1) is 6.10 Å². The molecule has 2 fully saturated rings. The van der Waals surface area contributed by atoms with Crippen molar-refractivity contribution >= 4 is 0 Å². The normalized spacial score (nSPS) is 41.8. The third-order valence-corrected chi connectivity index (χ3v) is 5.00. The smallest absolute Gasteiger partial charge is 0.0674 e. The fourth-order valence-corrected chi connectivity index (χ4v) is 4.32. The summed E-state index contributed by atoms with van der Waals surface area (Å²) in [7, 11) is 0. The molecule has 1 aliphatic carbocycles. The first-order valence-corrected chi connectivity index (χ1v) is 7.46. The van der Waals surface area contributed by atoms with Gasteiger partial charge >= 0.3 is 0 Å². The van der Waals surface area contributed by atoms with Crippen LogP contribution in [0.3, 0.4) is 0 Å². The van der Waals surface area contributed by atoms with Gasteiger partial charge in [-0.25, -0.2) is 0 Å². The Morgan fingerprint density at radius 2 is 2.06 bits per heavy atom. The standard InChI is InChI=1S/C15H30N2O/c1-12-8-14(3,4)10-15(12,11-16)17-6-5-7-18-13(2)9-17/h12-13H,5-11,16H2,1-4H3. The van der Waals surface area contributed by atoms with Gasteiger partial charge in [0.1, 0.15) is 0 Å². The third-order valence-electron chi connectivity index (χ3n) is 5.00. The van der Waals surface area contributed by atoms with E-state index in [1.165, 1.54) is 12.8 Å². The second kappa shape index (κ2) is 5.10. The van der Waals surface area contributed by atoms with E-state index in [0.29, 0.717) is 17.4 Å². The largest absolute Gasteiger partial charge is 0.377 e. The molecule has 1 saturated heterocycles. The molecule has 0 aromatic heterocycles. The van der Waals surface area contributed by atoms with Gasteiger partial charge in [-0.3, -0.25) is 4.90 Å². The van der Waals surface area contributed by atoms with Gasteiger partial charge in [-0.05, 0) is 37.5 Å². The lowest BCUT2D eigenvalue weighted by atomic mass is 9.84. The predicted octanol–water partition coefficient (Wildman–Crippen LogP) is 2.25. The zero-order valence-electron chi connectivity index (χ0n) is 12.5. The Morgan fingerprint density at radius 1 is 1.33 bits per heavy atom. The molecule has 2 aliphatic rings. The Morgan fingerprint density at radius 3 is 2.61 bits per heavy atom. The first-order chi connectivity index (χ1) is 8.39. The lowest BCUT2D eigenvalue weighted by molar-refractivity contribution is 0.0218. The first kappa shape index (κ1) is 14.3. The van der Waals surface area contributed by atoms with Crippen molar-refractivity contribution in [1.29, 1.82) is 0 Å². The number of hydrogen-bond donors (Lipinski definition) is 1. The fraction of sp³-hybridized carbons (Fsp3) is 1.00. The molecule has 0 aromatic carbocycles. The molecule has 0 spiro atoms. The Hall–Kier alpha value is -0.120. The van der Waals surface area contributed by atoms with Crippen LogP contribution in [0.5, 0.6) is 0 Å². The maximum absolute atomic E-state index is 6.23. The van der Waals surface area contributed by atoms with E-state index in [0.717, 1.165) is 32.7 Å².